The second kappa shape index (κ2) is 7.40. The third-order valence-electron chi connectivity index (χ3n) is 6.74. The summed E-state index contributed by atoms with van der Waals surface area (Å²) in [6, 6.07) is 21.5. The van der Waals surface area contributed by atoms with Crippen LogP contribution in [0.25, 0.3) is 0 Å². The van der Waals surface area contributed by atoms with Gasteiger partial charge < -0.3 is 4.43 Å². The zero-order valence-electron chi connectivity index (χ0n) is 17.3. The molecule has 150 valence electrons. The van der Waals surface area contributed by atoms with Gasteiger partial charge in [0, 0.05) is 18.5 Å². The van der Waals surface area contributed by atoms with Gasteiger partial charge in [0.2, 0.25) is 0 Å². The highest BCUT2D eigenvalue weighted by Gasteiger charge is 2.54. The standard InChI is InChI=1S/C24H32FNOSi/c1-23(2,3)28(21-11-6-4-7-12-21,22-13-8-5-9-14-22)27-19-24-15-10-16-26(24)18-20(25)17-24/h4-9,11-14,20H,10,15-19H2,1-3H3. The second-order valence-electron chi connectivity index (χ2n) is 9.53. The van der Waals surface area contributed by atoms with Crippen molar-refractivity contribution >= 4 is 18.7 Å². The van der Waals surface area contributed by atoms with Gasteiger partial charge in [-0.25, -0.2) is 4.39 Å². The van der Waals surface area contributed by atoms with E-state index in [1.54, 1.807) is 0 Å². The van der Waals surface area contributed by atoms with Crippen LogP contribution in [0.2, 0.25) is 5.04 Å². The Morgan fingerprint density at radius 3 is 2.14 bits per heavy atom. The SMILES string of the molecule is CC(C)(C)[Si](OCC12CCCN1CC(F)C2)(c1ccccc1)c1ccccc1. The molecule has 2 fully saturated rings. The normalized spacial score (nSPS) is 25.8. The van der Waals surface area contributed by atoms with Crippen LogP contribution >= 0.6 is 0 Å². The number of rotatable bonds is 5. The number of nitrogens with zero attached hydrogens (tertiary/aromatic N) is 1. The van der Waals surface area contributed by atoms with Crippen molar-refractivity contribution in [3.63, 3.8) is 0 Å². The third-order valence-corrected chi connectivity index (χ3v) is 11.7. The highest BCUT2D eigenvalue weighted by Crippen LogP contribution is 2.43. The van der Waals surface area contributed by atoms with Gasteiger partial charge in [0.05, 0.1) is 6.61 Å². The van der Waals surface area contributed by atoms with E-state index in [-0.39, 0.29) is 10.6 Å². The topological polar surface area (TPSA) is 12.5 Å². The molecule has 0 aromatic heterocycles. The summed E-state index contributed by atoms with van der Waals surface area (Å²) >= 11 is 0. The molecular weight excluding hydrogens is 365 g/mol. The maximum atomic E-state index is 14.3. The van der Waals surface area contributed by atoms with Crippen LogP contribution in [-0.4, -0.2) is 44.6 Å². The van der Waals surface area contributed by atoms with Crippen LogP contribution in [0.4, 0.5) is 4.39 Å². The molecule has 4 heteroatoms. The Morgan fingerprint density at radius 1 is 1.04 bits per heavy atom. The maximum absolute atomic E-state index is 14.3. The third kappa shape index (κ3) is 3.25. The molecular formula is C24H32FNOSi. The molecule has 0 aliphatic carbocycles. The summed E-state index contributed by atoms with van der Waals surface area (Å²) in [6.45, 7) is 9.11. The molecule has 0 saturated carbocycles. The first kappa shape index (κ1) is 19.8. The second-order valence-corrected chi connectivity index (χ2v) is 13.8. The smallest absolute Gasteiger partial charge is 0.261 e. The maximum Gasteiger partial charge on any atom is 0.261 e. The van der Waals surface area contributed by atoms with Gasteiger partial charge in [-0.1, -0.05) is 81.4 Å². The van der Waals surface area contributed by atoms with E-state index >= 15 is 0 Å². The molecule has 2 aliphatic heterocycles. The van der Waals surface area contributed by atoms with Crippen molar-refractivity contribution in [2.45, 2.75) is 56.8 Å². The lowest BCUT2D eigenvalue weighted by Gasteiger charge is -2.45. The summed E-state index contributed by atoms with van der Waals surface area (Å²) in [5.41, 5.74) is -0.119. The van der Waals surface area contributed by atoms with E-state index in [1.807, 2.05) is 0 Å². The van der Waals surface area contributed by atoms with Gasteiger partial charge in [0.15, 0.2) is 0 Å². The van der Waals surface area contributed by atoms with Crippen molar-refractivity contribution in [2.75, 3.05) is 19.7 Å². The van der Waals surface area contributed by atoms with E-state index in [0.29, 0.717) is 19.6 Å². The first-order chi connectivity index (χ1) is 13.4. The average molecular weight is 398 g/mol. The first-order valence-electron chi connectivity index (χ1n) is 10.5. The molecule has 0 N–H and O–H groups in total. The van der Waals surface area contributed by atoms with Crippen LogP contribution in [0.15, 0.2) is 60.7 Å². The van der Waals surface area contributed by atoms with Crippen molar-refractivity contribution in [3.8, 4) is 0 Å². The van der Waals surface area contributed by atoms with E-state index in [0.717, 1.165) is 19.4 Å². The molecule has 2 aliphatic rings. The van der Waals surface area contributed by atoms with E-state index in [9.17, 15) is 4.39 Å². The quantitative estimate of drug-likeness (QED) is 0.703. The van der Waals surface area contributed by atoms with Crippen molar-refractivity contribution in [2.24, 2.45) is 0 Å². The van der Waals surface area contributed by atoms with Crippen LogP contribution in [0.5, 0.6) is 0 Å². The molecule has 2 unspecified atom stereocenters. The monoisotopic (exact) mass is 397 g/mol. The summed E-state index contributed by atoms with van der Waals surface area (Å²) in [7, 11) is -2.55. The highest BCUT2D eigenvalue weighted by molar-refractivity contribution is 6.99. The van der Waals surface area contributed by atoms with Crippen LogP contribution in [0, 0.1) is 0 Å². The zero-order valence-corrected chi connectivity index (χ0v) is 18.3. The molecule has 0 amide bonds. The highest BCUT2D eigenvalue weighted by atomic mass is 28.4. The van der Waals surface area contributed by atoms with Gasteiger partial charge in [-0.05, 0) is 34.8 Å². The van der Waals surface area contributed by atoms with Crippen LogP contribution < -0.4 is 10.4 Å². The Labute approximate surface area is 169 Å². The minimum absolute atomic E-state index is 0.0382. The van der Waals surface area contributed by atoms with Gasteiger partial charge in [-0.2, -0.15) is 0 Å². The Balaban J connectivity index is 1.77. The van der Waals surface area contributed by atoms with Crippen LogP contribution in [-0.2, 0) is 4.43 Å². The van der Waals surface area contributed by atoms with Crippen molar-refractivity contribution in [1.29, 1.82) is 0 Å². The predicted octanol–water partition coefficient (Wildman–Crippen LogP) is 4.14. The first-order valence-corrected chi connectivity index (χ1v) is 12.4. The molecule has 0 bridgehead atoms. The largest absolute Gasteiger partial charge is 0.406 e. The molecule has 28 heavy (non-hydrogen) atoms. The molecule has 2 heterocycles. The van der Waals surface area contributed by atoms with Crippen LogP contribution in [0.1, 0.15) is 40.0 Å². The number of benzene rings is 2. The van der Waals surface area contributed by atoms with Crippen LogP contribution in [0.3, 0.4) is 0 Å². The minimum Gasteiger partial charge on any atom is -0.406 e. The molecule has 0 radical (unpaired) electrons. The lowest BCUT2D eigenvalue weighted by molar-refractivity contribution is 0.107. The summed E-state index contributed by atoms with van der Waals surface area (Å²) in [6.07, 6.45) is 2.09. The van der Waals surface area contributed by atoms with Crippen molar-refractivity contribution in [1.82, 2.24) is 4.90 Å². The Hall–Kier alpha value is -1.49. The number of fused-ring (bicyclic) bond motifs is 1. The molecule has 0 spiro atoms. The molecule has 2 aromatic carbocycles. The molecule has 2 atom stereocenters. The number of hydrogen-bond donors (Lipinski definition) is 0. The summed E-state index contributed by atoms with van der Waals surface area (Å²) in [4.78, 5) is 2.36. The Bertz CT molecular complexity index is 752. The Morgan fingerprint density at radius 2 is 1.61 bits per heavy atom. The fraction of sp³-hybridized carbons (Fsp3) is 0.500. The van der Waals surface area contributed by atoms with Crippen molar-refractivity contribution in [3.05, 3.63) is 60.7 Å². The summed E-state index contributed by atoms with van der Waals surface area (Å²) in [5, 5.41) is 2.55. The van der Waals surface area contributed by atoms with Gasteiger partial charge in [-0.3, -0.25) is 4.90 Å². The molecule has 2 saturated heterocycles. The number of alkyl halides is 1. The fourth-order valence-corrected chi connectivity index (χ4v) is 10.1. The van der Waals surface area contributed by atoms with E-state index < -0.39 is 14.5 Å². The minimum atomic E-state index is -2.55. The zero-order chi connectivity index (χ0) is 19.8. The van der Waals surface area contributed by atoms with E-state index in [4.69, 9.17) is 4.43 Å². The van der Waals surface area contributed by atoms with E-state index in [1.165, 1.54) is 10.4 Å². The average Bonchev–Trinajstić information content (AvgIpc) is 3.18. The van der Waals surface area contributed by atoms with Gasteiger partial charge in [0.1, 0.15) is 6.17 Å². The Kier molecular flexibility index (Phi) is 5.23. The molecule has 2 nitrogen and oxygen atoms in total. The summed E-state index contributed by atoms with van der Waals surface area (Å²) < 4.78 is 21.4. The molecule has 4 rings (SSSR count). The summed E-state index contributed by atoms with van der Waals surface area (Å²) in [5.74, 6) is 0. The number of halogens is 1. The fourth-order valence-electron chi connectivity index (χ4n) is 5.45. The van der Waals surface area contributed by atoms with Crippen molar-refractivity contribution < 1.29 is 8.82 Å². The van der Waals surface area contributed by atoms with E-state index in [2.05, 4.69) is 86.3 Å². The lowest BCUT2D eigenvalue weighted by atomic mass is 9.95. The van der Waals surface area contributed by atoms with Gasteiger partial charge >= 0.3 is 0 Å². The molecule has 2 aromatic rings. The van der Waals surface area contributed by atoms with Gasteiger partial charge in [-0.15, -0.1) is 0 Å². The lowest BCUT2D eigenvalue weighted by Crippen LogP contribution is -2.68. The predicted molar refractivity (Wildman–Crippen MR) is 117 cm³/mol. The number of hydrogen-bond acceptors (Lipinski definition) is 2. The van der Waals surface area contributed by atoms with Gasteiger partial charge in [0.25, 0.3) is 8.32 Å².